The van der Waals surface area contributed by atoms with Crippen molar-refractivity contribution in [2.45, 2.75) is 52.5 Å². The highest BCUT2D eigenvalue weighted by atomic mass is 19.3. The van der Waals surface area contributed by atoms with E-state index in [2.05, 4.69) is 32.3 Å². The molecule has 0 spiro atoms. The number of benzene rings is 1. The second-order valence-electron chi connectivity index (χ2n) is 8.20. The summed E-state index contributed by atoms with van der Waals surface area (Å²) in [5, 5.41) is 12.8. The standard InChI is InChI=1S/C24H33F2N5/c1-6-8-21(29-20-11-9-19(10-12-20)24(5,25)26)22(28-13-7-2)30-14-16-31(17-15-30)23(3,4)18-27/h7-13,29H,6,14-17H2,1-5H3/b13-7-,21-8-,28-22-. The van der Waals surface area contributed by atoms with E-state index in [0.717, 1.165) is 56.7 Å². The van der Waals surface area contributed by atoms with Crippen molar-refractivity contribution in [2.24, 2.45) is 4.99 Å². The lowest BCUT2D eigenvalue weighted by molar-refractivity contribution is 0.0175. The van der Waals surface area contributed by atoms with Gasteiger partial charge in [0.2, 0.25) is 0 Å². The van der Waals surface area contributed by atoms with Gasteiger partial charge in [-0.25, -0.2) is 13.8 Å². The van der Waals surface area contributed by atoms with Crippen LogP contribution in [0.3, 0.4) is 0 Å². The van der Waals surface area contributed by atoms with Gasteiger partial charge in [0.25, 0.3) is 5.92 Å². The van der Waals surface area contributed by atoms with E-state index in [1.165, 1.54) is 12.1 Å². The monoisotopic (exact) mass is 429 g/mol. The Morgan fingerprint density at radius 2 is 1.77 bits per heavy atom. The number of hydrogen-bond donors (Lipinski definition) is 1. The zero-order valence-electron chi connectivity index (χ0n) is 19.1. The first-order valence-corrected chi connectivity index (χ1v) is 10.7. The van der Waals surface area contributed by atoms with Gasteiger partial charge in [-0.2, -0.15) is 5.26 Å². The molecule has 1 aliphatic rings. The summed E-state index contributed by atoms with van der Waals surface area (Å²) in [6.07, 6.45) is 6.48. The molecule has 1 aromatic carbocycles. The van der Waals surface area contributed by atoms with Crippen molar-refractivity contribution in [1.82, 2.24) is 9.80 Å². The van der Waals surface area contributed by atoms with E-state index in [-0.39, 0.29) is 5.56 Å². The third kappa shape index (κ3) is 6.63. The second kappa shape index (κ2) is 10.5. The van der Waals surface area contributed by atoms with Crippen LogP contribution in [0.5, 0.6) is 0 Å². The quantitative estimate of drug-likeness (QED) is 0.469. The molecular weight excluding hydrogens is 396 g/mol. The van der Waals surface area contributed by atoms with E-state index in [4.69, 9.17) is 0 Å². The summed E-state index contributed by atoms with van der Waals surface area (Å²) < 4.78 is 27.1. The SMILES string of the molecule is C\C=C/N=C(/C(=C/CC)Nc1ccc(C(C)(F)F)cc1)N1CCN(C(C)(C)C#N)CC1. The fourth-order valence-corrected chi connectivity index (χ4v) is 3.42. The number of nitrogens with zero attached hydrogens (tertiary/aromatic N) is 4. The number of allylic oxidation sites excluding steroid dienone is 2. The molecule has 168 valence electrons. The first-order chi connectivity index (χ1) is 14.6. The Hall–Kier alpha value is -2.72. The normalized spacial score (nSPS) is 17.2. The van der Waals surface area contributed by atoms with Crippen LogP contribution in [0.15, 0.2) is 53.3 Å². The van der Waals surface area contributed by atoms with Gasteiger partial charge in [0, 0.05) is 50.6 Å². The van der Waals surface area contributed by atoms with E-state index in [1.54, 1.807) is 18.3 Å². The molecule has 0 atom stereocenters. The largest absolute Gasteiger partial charge is 0.353 e. The predicted molar refractivity (Wildman–Crippen MR) is 123 cm³/mol. The molecule has 1 fully saturated rings. The zero-order valence-corrected chi connectivity index (χ0v) is 19.1. The summed E-state index contributed by atoms with van der Waals surface area (Å²) in [7, 11) is 0. The van der Waals surface area contributed by atoms with Crippen LogP contribution in [-0.2, 0) is 5.92 Å². The van der Waals surface area contributed by atoms with E-state index >= 15 is 0 Å². The average molecular weight is 430 g/mol. The minimum absolute atomic E-state index is 0.0156. The Bertz CT molecular complexity index is 849. The maximum absolute atomic E-state index is 13.5. The van der Waals surface area contributed by atoms with Crippen LogP contribution in [-0.4, -0.2) is 47.4 Å². The molecule has 0 bridgehead atoms. The third-order valence-corrected chi connectivity index (χ3v) is 5.31. The molecule has 1 aromatic rings. The molecule has 31 heavy (non-hydrogen) atoms. The van der Waals surface area contributed by atoms with E-state index in [9.17, 15) is 14.0 Å². The number of halogens is 2. The van der Waals surface area contributed by atoms with Gasteiger partial charge in [0.1, 0.15) is 5.54 Å². The van der Waals surface area contributed by atoms with E-state index in [0.29, 0.717) is 0 Å². The van der Waals surface area contributed by atoms with E-state index in [1.807, 2.05) is 33.8 Å². The number of nitriles is 1. The average Bonchev–Trinajstić information content (AvgIpc) is 2.74. The van der Waals surface area contributed by atoms with Crippen molar-refractivity contribution in [3.8, 4) is 6.07 Å². The highest BCUT2D eigenvalue weighted by Gasteiger charge is 2.31. The van der Waals surface area contributed by atoms with Crippen molar-refractivity contribution in [2.75, 3.05) is 31.5 Å². The molecule has 0 unspecified atom stereocenters. The van der Waals surface area contributed by atoms with Gasteiger partial charge < -0.3 is 10.2 Å². The lowest BCUT2D eigenvalue weighted by atomic mass is 10.0. The molecule has 0 amide bonds. The van der Waals surface area contributed by atoms with Crippen molar-refractivity contribution in [3.63, 3.8) is 0 Å². The molecule has 2 rings (SSSR count). The van der Waals surface area contributed by atoms with Crippen molar-refractivity contribution < 1.29 is 8.78 Å². The molecule has 0 aromatic heterocycles. The molecule has 7 heteroatoms. The summed E-state index contributed by atoms with van der Waals surface area (Å²) in [6, 6.07) is 8.58. The number of nitrogens with one attached hydrogen (secondary N) is 1. The first kappa shape index (κ1) is 24.5. The Balaban J connectivity index is 2.24. The number of piperazine rings is 1. The molecule has 0 saturated carbocycles. The second-order valence-corrected chi connectivity index (χ2v) is 8.20. The summed E-state index contributed by atoms with van der Waals surface area (Å²) >= 11 is 0. The van der Waals surface area contributed by atoms with Gasteiger partial charge in [0.15, 0.2) is 5.84 Å². The molecule has 1 N–H and O–H groups in total. The van der Waals surface area contributed by atoms with Crippen LogP contribution in [0.4, 0.5) is 14.5 Å². The van der Waals surface area contributed by atoms with Gasteiger partial charge in [-0.05, 0) is 39.3 Å². The third-order valence-electron chi connectivity index (χ3n) is 5.31. The molecule has 1 heterocycles. The van der Waals surface area contributed by atoms with Crippen molar-refractivity contribution in [3.05, 3.63) is 53.9 Å². The minimum Gasteiger partial charge on any atom is -0.353 e. The zero-order chi connectivity index (χ0) is 23.1. The van der Waals surface area contributed by atoms with Crippen molar-refractivity contribution >= 4 is 11.5 Å². The highest BCUT2D eigenvalue weighted by Crippen LogP contribution is 2.28. The number of anilines is 1. The van der Waals surface area contributed by atoms with Crippen LogP contribution in [0, 0.1) is 11.3 Å². The fourth-order valence-electron chi connectivity index (χ4n) is 3.42. The topological polar surface area (TPSA) is 54.7 Å². The summed E-state index contributed by atoms with van der Waals surface area (Å²) in [4.78, 5) is 9.05. The Morgan fingerprint density at radius 3 is 2.26 bits per heavy atom. The van der Waals surface area contributed by atoms with Gasteiger partial charge in [-0.3, -0.25) is 4.90 Å². The maximum Gasteiger partial charge on any atom is 0.270 e. The smallest absolute Gasteiger partial charge is 0.270 e. The number of aliphatic imine (C=N–C) groups is 1. The lowest BCUT2D eigenvalue weighted by Gasteiger charge is -2.41. The summed E-state index contributed by atoms with van der Waals surface area (Å²) in [5.41, 5.74) is 1.05. The van der Waals surface area contributed by atoms with Crippen molar-refractivity contribution in [1.29, 1.82) is 5.26 Å². The number of alkyl halides is 2. The number of rotatable bonds is 7. The highest BCUT2D eigenvalue weighted by molar-refractivity contribution is 6.01. The van der Waals surface area contributed by atoms with Gasteiger partial charge in [-0.15, -0.1) is 0 Å². The number of amidine groups is 1. The summed E-state index contributed by atoms with van der Waals surface area (Å²) in [5.74, 6) is -2.06. The molecule has 0 aliphatic carbocycles. The fraction of sp³-hybridized carbons (Fsp3) is 0.500. The molecule has 1 saturated heterocycles. The molecule has 0 radical (unpaired) electrons. The van der Waals surface area contributed by atoms with E-state index < -0.39 is 11.5 Å². The van der Waals surface area contributed by atoms with Crippen LogP contribution < -0.4 is 5.32 Å². The lowest BCUT2D eigenvalue weighted by Crippen LogP contribution is -2.55. The minimum atomic E-state index is -2.87. The van der Waals surface area contributed by atoms with Crippen LogP contribution in [0.25, 0.3) is 0 Å². The van der Waals surface area contributed by atoms with Gasteiger partial charge in [0.05, 0.1) is 11.8 Å². The summed E-state index contributed by atoms with van der Waals surface area (Å²) in [6.45, 7) is 11.7. The molecular formula is C24H33F2N5. The Labute approximate surface area is 184 Å². The van der Waals surface area contributed by atoms with Crippen LogP contribution >= 0.6 is 0 Å². The Morgan fingerprint density at radius 1 is 1.16 bits per heavy atom. The first-order valence-electron chi connectivity index (χ1n) is 10.7. The van der Waals surface area contributed by atoms with Crippen LogP contribution in [0.2, 0.25) is 0 Å². The Kier molecular flexibility index (Phi) is 8.35. The van der Waals surface area contributed by atoms with Gasteiger partial charge >= 0.3 is 0 Å². The molecule has 5 nitrogen and oxygen atoms in total. The molecule has 1 aliphatic heterocycles. The van der Waals surface area contributed by atoms with Crippen LogP contribution in [0.1, 0.15) is 46.6 Å². The maximum atomic E-state index is 13.5. The van der Waals surface area contributed by atoms with Gasteiger partial charge in [-0.1, -0.05) is 31.2 Å². The predicted octanol–water partition coefficient (Wildman–Crippen LogP) is 5.36. The number of hydrogen-bond acceptors (Lipinski definition) is 4.